The van der Waals surface area contributed by atoms with Crippen molar-refractivity contribution in [2.24, 2.45) is 0 Å². The Morgan fingerprint density at radius 3 is 3.08 bits per heavy atom. The van der Waals surface area contributed by atoms with Crippen molar-refractivity contribution >= 4 is 17.2 Å². The smallest absolute Gasteiger partial charge is 0.220 e. The normalized spacial score (nSPS) is 15.6. The van der Waals surface area contributed by atoms with Crippen molar-refractivity contribution < 1.29 is 4.79 Å². The van der Waals surface area contributed by atoms with Gasteiger partial charge in [0.2, 0.25) is 5.91 Å². The number of nitrogens with zero attached hydrogens (tertiary/aromatic N) is 3. The van der Waals surface area contributed by atoms with E-state index in [0.717, 1.165) is 35.7 Å². The lowest BCUT2D eigenvalue weighted by Gasteiger charge is -2.11. The molecule has 1 aliphatic rings. The van der Waals surface area contributed by atoms with Gasteiger partial charge in [0, 0.05) is 37.2 Å². The summed E-state index contributed by atoms with van der Waals surface area (Å²) in [5.74, 6) is 0.477. The molecular weight excluding hydrogens is 344 g/mol. The van der Waals surface area contributed by atoms with Crippen molar-refractivity contribution in [3.63, 3.8) is 0 Å². The summed E-state index contributed by atoms with van der Waals surface area (Å²) in [6.45, 7) is 0.608. The van der Waals surface area contributed by atoms with E-state index in [9.17, 15) is 4.79 Å². The minimum atomic E-state index is 0.121. The number of thiazole rings is 1. The second kappa shape index (κ2) is 7.74. The molecule has 1 aromatic carbocycles. The van der Waals surface area contributed by atoms with Crippen LogP contribution < -0.4 is 5.32 Å². The van der Waals surface area contributed by atoms with Crippen molar-refractivity contribution in [2.45, 2.75) is 31.6 Å². The maximum Gasteiger partial charge on any atom is 0.220 e. The molecule has 0 saturated carbocycles. The van der Waals surface area contributed by atoms with Crippen LogP contribution in [0.1, 0.15) is 35.6 Å². The SMILES string of the molecule is O=C(C[C@@H]1CCc2ccccc21)NCCc1csc(-c2cnccn2)n1. The van der Waals surface area contributed by atoms with Gasteiger partial charge in [0.25, 0.3) is 0 Å². The summed E-state index contributed by atoms with van der Waals surface area (Å²) in [6, 6.07) is 8.46. The van der Waals surface area contributed by atoms with Crippen LogP contribution in [0.2, 0.25) is 0 Å². The molecule has 0 fully saturated rings. The number of nitrogens with one attached hydrogen (secondary N) is 1. The summed E-state index contributed by atoms with van der Waals surface area (Å²) < 4.78 is 0. The van der Waals surface area contributed by atoms with Gasteiger partial charge in [0.1, 0.15) is 10.7 Å². The summed E-state index contributed by atoms with van der Waals surface area (Å²) in [5.41, 5.74) is 4.50. The maximum atomic E-state index is 12.3. The van der Waals surface area contributed by atoms with Gasteiger partial charge in [-0.05, 0) is 29.9 Å². The van der Waals surface area contributed by atoms with Crippen molar-refractivity contribution in [3.8, 4) is 10.7 Å². The molecule has 4 rings (SSSR count). The van der Waals surface area contributed by atoms with Crippen molar-refractivity contribution in [3.05, 3.63) is 65.1 Å². The van der Waals surface area contributed by atoms with E-state index in [2.05, 4.69) is 44.5 Å². The third-order valence-electron chi connectivity index (χ3n) is 4.73. The van der Waals surface area contributed by atoms with E-state index >= 15 is 0 Å². The molecule has 0 unspecified atom stereocenters. The van der Waals surface area contributed by atoms with Crippen molar-refractivity contribution in [2.75, 3.05) is 6.54 Å². The molecule has 6 heteroatoms. The zero-order chi connectivity index (χ0) is 17.8. The lowest BCUT2D eigenvalue weighted by molar-refractivity contribution is -0.121. The quantitative estimate of drug-likeness (QED) is 0.728. The molecule has 132 valence electrons. The van der Waals surface area contributed by atoms with Crippen LogP contribution >= 0.6 is 11.3 Å². The molecule has 2 heterocycles. The first-order chi connectivity index (χ1) is 12.8. The van der Waals surface area contributed by atoms with Crippen LogP contribution in [-0.4, -0.2) is 27.4 Å². The monoisotopic (exact) mass is 364 g/mol. The highest BCUT2D eigenvalue weighted by molar-refractivity contribution is 7.13. The van der Waals surface area contributed by atoms with E-state index in [1.807, 2.05) is 5.38 Å². The summed E-state index contributed by atoms with van der Waals surface area (Å²) >= 11 is 1.55. The second-order valence-corrected chi connectivity index (χ2v) is 7.33. The van der Waals surface area contributed by atoms with E-state index in [-0.39, 0.29) is 5.91 Å². The Morgan fingerprint density at radius 2 is 2.19 bits per heavy atom. The van der Waals surface area contributed by atoms with Gasteiger partial charge in [-0.3, -0.25) is 14.8 Å². The molecule has 0 bridgehead atoms. The van der Waals surface area contributed by atoms with E-state index in [0.29, 0.717) is 18.9 Å². The fraction of sp³-hybridized carbons (Fsp3) is 0.300. The maximum absolute atomic E-state index is 12.3. The average molecular weight is 364 g/mol. The molecule has 0 radical (unpaired) electrons. The predicted octanol–water partition coefficient (Wildman–Crippen LogP) is 3.38. The number of hydrogen-bond donors (Lipinski definition) is 1. The molecule has 0 saturated heterocycles. The van der Waals surface area contributed by atoms with Crippen LogP contribution in [0.25, 0.3) is 10.7 Å². The molecule has 1 N–H and O–H groups in total. The fourth-order valence-corrected chi connectivity index (χ4v) is 4.25. The zero-order valence-electron chi connectivity index (χ0n) is 14.4. The third-order valence-corrected chi connectivity index (χ3v) is 5.64. The topological polar surface area (TPSA) is 67.8 Å². The van der Waals surface area contributed by atoms with Gasteiger partial charge >= 0.3 is 0 Å². The predicted molar refractivity (Wildman–Crippen MR) is 102 cm³/mol. The Kier molecular flexibility index (Phi) is 5.02. The van der Waals surface area contributed by atoms with Crippen LogP contribution in [0, 0.1) is 0 Å². The van der Waals surface area contributed by atoms with Crippen LogP contribution in [-0.2, 0) is 17.6 Å². The van der Waals surface area contributed by atoms with Crippen LogP contribution in [0.3, 0.4) is 0 Å². The second-order valence-electron chi connectivity index (χ2n) is 6.47. The third kappa shape index (κ3) is 3.80. The van der Waals surface area contributed by atoms with Gasteiger partial charge in [-0.2, -0.15) is 0 Å². The number of carbonyl (C=O) groups is 1. The minimum Gasteiger partial charge on any atom is -0.356 e. The van der Waals surface area contributed by atoms with E-state index in [1.54, 1.807) is 29.9 Å². The number of aryl methyl sites for hydroxylation is 1. The van der Waals surface area contributed by atoms with Crippen molar-refractivity contribution in [1.29, 1.82) is 0 Å². The minimum absolute atomic E-state index is 0.121. The number of rotatable bonds is 6. The highest BCUT2D eigenvalue weighted by atomic mass is 32.1. The molecule has 1 aliphatic carbocycles. The van der Waals surface area contributed by atoms with Gasteiger partial charge < -0.3 is 5.32 Å². The molecule has 0 spiro atoms. The van der Waals surface area contributed by atoms with Crippen LogP contribution in [0.15, 0.2) is 48.2 Å². The molecule has 0 aliphatic heterocycles. The standard InChI is InChI=1S/C20H20N4OS/c25-19(11-15-6-5-14-3-1-2-4-17(14)15)23-8-7-16-13-26-20(24-16)18-12-21-9-10-22-18/h1-4,9-10,12-13,15H,5-8,11H2,(H,23,25)/t15-/m0/s1. The summed E-state index contributed by atoms with van der Waals surface area (Å²) in [5, 5.41) is 5.92. The van der Waals surface area contributed by atoms with Crippen LogP contribution in [0.4, 0.5) is 0 Å². The summed E-state index contributed by atoms with van der Waals surface area (Å²) in [4.78, 5) is 25.2. The first-order valence-electron chi connectivity index (χ1n) is 8.85. The number of amides is 1. The Bertz CT molecular complexity index is 894. The average Bonchev–Trinajstić information content (AvgIpc) is 3.30. The molecule has 5 nitrogen and oxygen atoms in total. The van der Waals surface area contributed by atoms with E-state index < -0.39 is 0 Å². The number of carbonyl (C=O) groups excluding carboxylic acids is 1. The van der Waals surface area contributed by atoms with Crippen molar-refractivity contribution in [1.82, 2.24) is 20.3 Å². The van der Waals surface area contributed by atoms with Gasteiger partial charge in [-0.15, -0.1) is 11.3 Å². The lowest BCUT2D eigenvalue weighted by Crippen LogP contribution is -2.26. The molecule has 3 aromatic rings. The van der Waals surface area contributed by atoms with E-state index in [4.69, 9.17) is 0 Å². The first-order valence-corrected chi connectivity index (χ1v) is 9.73. The first kappa shape index (κ1) is 16.8. The zero-order valence-corrected chi connectivity index (χ0v) is 15.2. The van der Waals surface area contributed by atoms with Crippen LogP contribution in [0.5, 0.6) is 0 Å². The number of benzene rings is 1. The molecule has 1 atom stereocenters. The van der Waals surface area contributed by atoms with Gasteiger partial charge in [-0.25, -0.2) is 4.98 Å². The number of fused-ring (bicyclic) bond motifs is 1. The Balaban J connectivity index is 1.26. The highest BCUT2D eigenvalue weighted by Gasteiger charge is 2.23. The number of aromatic nitrogens is 3. The Labute approximate surface area is 156 Å². The van der Waals surface area contributed by atoms with Gasteiger partial charge in [-0.1, -0.05) is 24.3 Å². The highest BCUT2D eigenvalue weighted by Crippen LogP contribution is 2.35. The summed E-state index contributed by atoms with van der Waals surface area (Å²) in [6.07, 6.45) is 8.47. The van der Waals surface area contributed by atoms with Gasteiger partial charge in [0.15, 0.2) is 0 Å². The lowest BCUT2D eigenvalue weighted by atomic mass is 9.97. The molecule has 1 amide bonds. The Hall–Kier alpha value is -2.60. The summed E-state index contributed by atoms with van der Waals surface area (Å²) in [7, 11) is 0. The molecular formula is C20H20N4OS. The molecule has 2 aromatic heterocycles. The van der Waals surface area contributed by atoms with Gasteiger partial charge in [0.05, 0.1) is 11.9 Å². The molecule has 26 heavy (non-hydrogen) atoms. The largest absolute Gasteiger partial charge is 0.356 e. The number of hydrogen-bond acceptors (Lipinski definition) is 5. The Morgan fingerprint density at radius 1 is 1.27 bits per heavy atom. The fourth-order valence-electron chi connectivity index (χ4n) is 3.43. The van der Waals surface area contributed by atoms with E-state index in [1.165, 1.54) is 11.1 Å².